The van der Waals surface area contributed by atoms with Crippen LogP contribution in [0.2, 0.25) is 0 Å². The average molecular weight is 564 g/mol. The van der Waals surface area contributed by atoms with Gasteiger partial charge in [0, 0.05) is 39.3 Å². The van der Waals surface area contributed by atoms with E-state index < -0.39 is 5.54 Å². The van der Waals surface area contributed by atoms with Crippen LogP contribution in [-0.2, 0) is 5.54 Å². The lowest BCUT2D eigenvalue weighted by atomic mass is 9.74. The second kappa shape index (κ2) is 8.59. The zero-order chi connectivity index (χ0) is 28.8. The van der Waals surface area contributed by atoms with Gasteiger partial charge in [-0.15, -0.1) is 0 Å². The van der Waals surface area contributed by atoms with E-state index in [-0.39, 0.29) is 0 Å². The first-order chi connectivity index (χ1) is 21.8. The van der Waals surface area contributed by atoms with Crippen LogP contribution in [0.3, 0.4) is 0 Å². The zero-order valence-corrected chi connectivity index (χ0v) is 23.7. The molecule has 0 fully saturated rings. The molecule has 4 nitrogen and oxygen atoms in total. The number of aromatic nitrogens is 3. The van der Waals surface area contributed by atoms with Crippen molar-refractivity contribution in [3.05, 3.63) is 168 Å². The van der Waals surface area contributed by atoms with Gasteiger partial charge in [-0.3, -0.25) is 0 Å². The summed E-state index contributed by atoms with van der Waals surface area (Å²) < 4.78 is 11.1. The minimum Gasteiger partial charge on any atom is -0.457 e. The smallest absolute Gasteiger partial charge is 0.146 e. The molecule has 8 aromatic rings. The van der Waals surface area contributed by atoms with Gasteiger partial charge >= 0.3 is 0 Å². The van der Waals surface area contributed by atoms with Crippen molar-refractivity contribution in [2.24, 2.45) is 0 Å². The van der Waals surface area contributed by atoms with E-state index in [9.17, 15) is 0 Å². The molecule has 0 saturated carbocycles. The summed E-state index contributed by atoms with van der Waals surface area (Å²) in [4.78, 5) is 0. The van der Waals surface area contributed by atoms with E-state index in [0.29, 0.717) is 0 Å². The van der Waals surface area contributed by atoms with Crippen LogP contribution in [0.4, 0.5) is 0 Å². The van der Waals surface area contributed by atoms with Crippen LogP contribution >= 0.6 is 0 Å². The SMILES string of the molecule is c1ccc(-n2c3ccccc3c3cc(-c4ccc5c(c4)C4(c6ccccc6O5)c5ccccc5-c5ccnn54)ccc32)cc1. The Morgan fingerprint density at radius 2 is 1.23 bits per heavy atom. The predicted octanol–water partition coefficient (Wildman–Crippen LogP) is 9.57. The molecule has 0 aliphatic carbocycles. The van der Waals surface area contributed by atoms with Gasteiger partial charge < -0.3 is 9.30 Å². The quantitative estimate of drug-likeness (QED) is 0.210. The first-order valence-electron chi connectivity index (χ1n) is 15.0. The number of fused-ring (bicyclic) bond motifs is 12. The molecule has 2 aliphatic heterocycles. The minimum absolute atomic E-state index is 0.636. The molecule has 0 radical (unpaired) electrons. The number of nitrogens with zero attached hydrogens (tertiary/aromatic N) is 3. The molecule has 4 heterocycles. The van der Waals surface area contributed by atoms with E-state index in [1.165, 1.54) is 32.9 Å². The summed E-state index contributed by atoms with van der Waals surface area (Å²) in [6.07, 6.45) is 1.91. The van der Waals surface area contributed by atoms with Crippen LogP contribution in [0.25, 0.3) is 49.9 Å². The van der Waals surface area contributed by atoms with Gasteiger partial charge in [-0.2, -0.15) is 5.10 Å². The molecule has 0 amide bonds. The maximum atomic E-state index is 6.60. The summed E-state index contributed by atoms with van der Waals surface area (Å²) in [5.74, 6) is 1.72. The third-order valence-electron chi connectivity index (χ3n) is 9.44. The topological polar surface area (TPSA) is 32.0 Å². The van der Waals surface area contributed by atoms with E-state index in [1.54, 1.807) is 0 Å². The largest absolute Gasteiger partial charge is 0.457 e. The first kappa shape index (κ1) is 23.7. The highest BCUT2D eigenvalue weighted by Crippen LogP contribution is 2.58. The lowest BCUT2D eigenvalue weighted by molar-refractivity contribution is 0.382. The van der Waals surface area contributed by atoms with Gasteiger partial charge in [0.05, 0.1) is 16.7 Å². The Morgan fingerprint density at radius 1 is 0.523 bits per heavy atom. The average Bonchev–Trinajstić information content (AvgIpc) is 3.77. The van der Waals surface area contributed by atoms with Crippen molar-refractivity contribution in [3.63, 3.8) is 0 Å². The number of para-hydroxylation sites is 3. The highest BCUT2D eigenvalue weighted by molar-refractivity contribution is 6.10. The van der Waals surface area contributed by atoms with Crippen molar-refractivity contribution in [3.8, 4) is 39.6 Å². The van der Waals surface area contributed by atoms with Crippen molar-refractivity contribution in [1.29, 1.82) is 0 Å². The number of rotatable bonds is 2. The van der Waals surface area contributed by atoms with Crippen LogP contribution in [0.5, 0.6) is 11.5 Å². The van der Waals surface area contributed by atoms with Crippen molar-refractivity contribution < 1.29 is 4.74 Å². The second-order valence-electron chi connectivity index (χ2n) is 11.6. The number of ether oxygens (including phenoxy) is 1. The van der Waals surface area contributed by atoms with E-state index in [2.05, 4.69) is 149 Å². The molecule has 206 valence electrons. The van der Waals surface area contributed by atoms with Crippen LogP contribution in [0.15, 0.2) is 152 Å². The number of hydrogen-bond donors (Lipinski definition) is 0. The van der Waals surface area contributed by atoms with Crippen molar-refractivity contribution >= 4 is 21.8 Å². The van der Waals surface area contributed by atoms with Gasteiger partial charge in [0.1, 0.15) is 17.0 Å². The summed E-state index contributed by atoms with van der Waals surface area (Å²) in [5, 5.41) is 7.43. The molecular formula is C40H25N3O. The fraction of sp³-hybridized carbons (Fsp3) is 0.0250. The first-order valence-corrected chi connectivity index (χ1v) is 15.0. The van der Waals surface area contributed by atoms with Gasteiger partial charge in [0.25, 0.3) is 0 Å². The van der Waals surface area contributed by atoms with E-state index >= 15 is 0 Å². The molecule has 6 aromatic carbocycles. The molecule has 44 heavy (non-hydrogen) atoms. The maximum absolute atomic E-state index is 6.60. The van der Waals surface area contributed by atoms with Gasteiger partial charge in [0.15, 0.2) is 0 Å². The normalized spacial score (nSPS) is 16.0. The van der Waals surface area contributed by atoms with E-state index in [4.69, 9.17) is 9.84 Å². The summed E-state index contributed by atoms with van der Waals surface area (Å²) in [5.41, 5.74) is 11.0. The van der Waals surface area contributed by atoms with Crippen LogP contribution < -0.4 is 4.74 Å². The Bertz CT molecular complexity index is 2430. The van der Waals surface area contributed by atoms with Crippen molar-refractivity contribution in [1.82, 2.24) is 14.3 Å². The fourth-order valence-corrected chi connectivity index (χ4v) is 7.64. The lowest BCUT2D eigenvalue weighted by Gasteiger charge is -2.39. The molecule has 2 aliphatic rings. The molecular weight excluding hydrogens is 538 g/mol. The minimum atomic E-state index is -0.636. The molecule has 1 unspecified atom stereocenters. The van der Waals surface area contributed by atoms with E-state index in [0.717, 1.165) is 45.1 Å². The molecule has 0 saturated heterocycles. The molecule has 10 rings (SSSR count). The molecule has 0 N–H and O–H groups in total. The van der Waals surface area contributed by atoms with Crippen molar-refractivity contribution in [2.45, 2.75) is 5.54 Å². The highest BCUT2D eigenvalue weighted by atomic mass is 16.5. The van der Waals surface area contributed by atoms with Crippen LogP contribution in [0, 0.1) is 0 Å². The van der Waals surface area contributed by atoms with Crippen LogP contribution in [0.1, 0.15) is 16.7 Å². The third kappa shape index (κ3) is 2.94. The molecule has 1 spiro atoms. The molecule has 1 atom stereocenters. The maximum Gasteiger partial charge on any atom is 0.146 e. The summed E-state index contributed by atoms with van der Waals surface area (Å²) in [7, 11) is 0. The van der Waals surface area contributed by atoms with Crippen LogP contribution in [-0.4, -0.2) is 14.3 Å². The summed E-state index contributed by atoms with van der Waals surface area (Å²) in [6.45, 7) is 0. The number of benzene rings is 6. The van der Waals surface area contributed by atoms with E-state index in [1.807, 2.05) is 12.3 Å². The lowest BCUT2D eigenvalue weighted by Crippen LogP contribution is -2.38. The Hall–Kier alpha value is -5.87. The Balaban J connectivity index is 1.23. The zero-order valence-electron chi connectivity index (χ0n) is 23.7. The van der Waals surface area contributed by atoms with Gasteiger partial charge in [-0.05, 0) is 71.3 Å². The summed E-state index contributed by atoms with van der Waals surface area (Å²) >= 11 is 0. The van der Waals surface area contributed by atoms with Gasteiger partial charge in [-0.25, -0.2) is 4.68 Å². The third-order valence-corrected chi connectivity index (χ3v) is 9.44. The monoisotopic (exact) mass is 563 g/mol. The van der Waals surface area contributed by atoms with Gasteiger partial charge in [-0.1, -0.05) is 91.0 Å². The fourth-order valence-electron chi connectivity index (χ4n) is 7.64. The highest BCUT2D eigenvalue weighted by Gasteiger charge is 2.52. The Labute approximate surface area is 254 Å². The van der Waals surface area contributed by atoms with Crippen molar-refractivity contribution in [2.75, 3.05) is 0 Å². The Kier molecular flexibility index (Phi) is 4.62. The predicted molar refractivity (Wildman–Crippen MR) is 176 cm³/mol. The standard InChI is InChI=1S/C40H25N3O/c1-2-10-28(11-3-1)42-35-16-8-5-12-29(35)31-24-26(18-20-36(31)42)27-19-21-39-34(25-27)40(33-15-7-9-17-38(33)44-39)32-14-6-4-13-30(32)37-22-23-41-43(37)40/h1-25H. The Morgan fingerprint density at radius 3 is 2.16 bits per heavy atom. The van der Waals surface area contributed by atoms with Gasteiger partial charge in [0.2, 0.25) is 0 Å². The number of hydrogen-bond acceptors (Lipinski definition) is 2. The molecule has 4 heteroatoms. The molecule has 2 aromatic heterocycles. The second-order valence-corrected chi connectivity index (χ2v) is 11.6. The summed E-state index contributed by atoms with van der Waals surface area (Å²) in [6, 6.07) is 51.9. The molecule has 0 bridgehead atoms.